The number of rotatable bonds is 5. The van der Waals surface area contributed by atoms with Crippen molar-refractivity contribution in [3.05, 3.63) is 0 Å². The van der Waals surface area contributed by atoms with E-state index in [1.165, 1.54) is 12.8 Å². The highest BCUT2D eigenvalue weighted by Crippen LogP contribution is 2.11. The van der Waals surface area contributed by atoms with Gasteiger partial charge in [-0.2, -0.15) is 0 Å². The minimum Gasteiger partial charge on any atom is -0.375 e. The molecule has 4 N–H and O–H groups in total. The fourth-order valence-electron chi connectivity index (χ4n) is 1.30. The Hall–Kier alpha value is -0.350. The van der Waals surface area contributed by atoms with Crippen LogP contribution >= 0.6 is 12.2 Å². The van der Waals surface area contributed by atoms with E-state index in [1.54, 1.807) is 0 Å². The number of hydrogen-bond donors (Lipinski definition) is 3. The van der Waals surface area contributed by atoms with Crippen LogP contribution in [0.2, 0.25) is 0 Å². The first-order valence-electron chi connectivity index (χ1n) is 4.42. The molecule has 72 valence electrons. The Bertz CT molecular complexity index is 134. The van der Waals surface area contributed by atoms with Crippen LogP contribution in [-0.2, 0) is 0 Å². The Morgan fingerprint density at radius 3 is 2.25 bits per heavy atom. The number of nitrogens with one attached hydrogen (secondary N) is 2. The maximum Gasteiger partial charge on any atom is 0.178 e. The Kier molecular flexibility index (Phi) is 6.02. The molecule has 0 saturated carbocycles. The molecule has 12 heavy (non-hydrogen) atoms. The van der Waals surface area contributed by atoms with Crippen molar-refractivity contribution in [1.29, 1.82) is 0 Å². The number of thiocarbonyl (C=S) groups is 1. The summed E-state index contributed by atoms with van der Waals surface area (Å²) in [6, 6.07) is 0.404. The summed E-state index contributed by atoms with van der Waals surface area (Å²) in [6.07, 6.45) is 2.34. The zero-order chi connectivity index (χ0) is 9.56. The van der Waals surface area contributed by atoms with Crippen LogP contribution in [0.3, 0.4) is 0 Å². The van der Waals surface area contributed by atoms with Gasteiger partial charge in [0.05, 0.1) is 0 Å². The lowest BCUT2D eigenvalue weighted by Gasteiger charge is -2.22. The molecule has 0 heterocycles. The second kappa shape index (κ2) is 6.20. The van der Waals surface area contributed by atoms with Crippen molar-refractivity contribution in [3.63, 3.8) is 0 Å². The van der Waals surface area contributed by atoms with E-state index in [2.05, 4.69) is 43.8 Å². The first-order valence-corrected chi connectivity index (χ1v) is 4.83. The topological polar surface area (TPSA) is 50.1 Å². The van der Waals surface area contributed by atoms with Crippen LogP contribution in [-0.4, -0.2) is 11.2 Å². The van der Waals surface area contributed by atoms with Crippen LogP contribution in [0.1, 0.15) is 33.6 Å². The van der Waals surface area contributed by atoms with Crippen LogP contribution in [0, 0.1) is 5.92 Å². The molecule has 1 atom stereocenters. The van der Waals surface area contributed by atoms with Crippen molar-refractivity contribution < 1.29 is 0 Å². The molecule has 0 amide bonds. The molecule has 0 rings (SSSR count). The largest absolute Gasteiger partial charge is 0.375 e. The van der Waals surface area contributed by atoms with Gasteiger partial charge in [-0.3, -0.25) is 5.43 Å². The van der Waals surface area contributed by atoms with Gasteiger partial charge in [-0.25, -0.2) is 5.43 Å². The highest BCUT2D eigenvalue weighted by Gasteiger charge is 2.12. The maximum absolute atomic E-state index is 5.28. The minimum absolute atomic E-state index is 0.299. The summed E-state index contributed by atoms with van der Waals surface area (Å²) < 4.78 is 0. The molecule has 0 saturated heterocycles. The van der Waals surface area contributed by atoms with Crippen molar-refractivity contribution in [3.8, 4) is 0 Å². The normalized spacial score (nSPS) is 13.0. The number of hydrogen-bond acceptors (Lipinski definition) is 2. The third kappa shape index (κ3) is 4.51. The van der Waals surface area contributed by atoms with Gasteiger partial charge in [0.2, 0.25) is 0 Å². The van der Waals surface area contributed by atoms with E-state index in [9.17, 15) is 0 Å². The third-order valence-electron chi connectivity index (χ3n) is 2.18. The summed E-state index contributed by atoms with van der Waals surface area (Å²) in [4.78, 5) is 0. The lowest BCUT2D eigenvalue weighted by atomic mass is 9.96. The van der Waals surface area contributed by atoms with Gasteiger partial charge in [-0.1, -0.05) is 26.7 Å². The lowest BCUT2D eigenvalue weighted by molar-refractivity contribution is 0.343. The van der Waals surface area contributed by atoms with Crippen LogP contribution in [0.25, 0.3) is 0 Å². The monoisotopic (exact) mass is 189 g/mol. The summed E-state index contributed by atoms with van der Waals surface area (Å²) in [6.45, 7) is 6.50. The van der Waals surface area contributed by atoms with Gasteiger partial charge in [0, 0.05) is 6.04 Å². The summed E-state index contributed by atoms with van der Waals surface area (Å²) in [5.74, 6) is 0.673. The zero-order valence-electron chi connectivity index (χ0n) is 8.05. The van der Waals surface area contributed by atoms with Gasteiger partial charge in [-0.05, 0) is 25.1 Å². The molecule has 0 aromatic heterocycles. The first kappa shape index (κ1) is 11.6. The standard InChI is InChI=1S/C8H19N3S/c1-4-7(5-2)6(3)10-11-8(9)12/h6-7,10H,4-5H2,1-3H3,(H3,9,11,12). The van der Waals surface area contributed by atoms with Crippen LogP contribution in [0.15, 0.2) is 0 Å². The predicted molar refractivity (Wildman–Crippen MR) is 56.6 cm³/mol. The molecule has 0 aliphatic heterocycles. The third-order valence-corrected chi connectivity index (χ3v) is 2.28. The molecule has 0 aromatic rings. The van der Waals surface area contributed by atoms with Gasteiger partial charge in [0.25, 0.3) is 0 Å². The summed E-state index contributed by atoms with van der Waals surface area (Å²) in [5.41, 5.74) is 11.1. The maximum atomic E-state index is 5.28. The van der Waals surface area contributed by atoms with Crippen molar-refractivity contribution in [2.45, 2.75) is 39.7 Å². The van der Waals surface area contributed by atoms with E-state index < -0.39 is 0 Å². The second-order valence-electron chi connectivity index (χ2n) is 3.00. The minimum atomic E-state index is 0.299. The summed E-state index contributed by atoms with van der Waals surface area (Å²) >= 11 is 4.68. The second-order valence-corrected chi connectivity index (χ2v) is 3.44. The van der Waals surface area contributed by atoms with Gasteiger partial charge in [0.1, 0.15) is 0 Å². The van der Waals surface area contributed by atoms with Gasteiger partial charge in [-0.15, -0.1) is 0 Å². The van der Waals surface area contributed by atoms with Gasteiger partial charge in [0.15, 0.2) is 5.11 Å². The zero-order valence-corrected chi connectivity index (χ0v) is 8.87. The molecule has 1 unspecified atom stereocenters. The average molecular weight is 189 g/mol. The lowest BCUT2D eigenvalue weighted by Crippen LogP contribution is -2.48. The van der Waals surface area contributed by atoms with Crippen molar-refractivity contribution >= 4 is 17.3 Å². The van der Waals surface area contributed by atoms with Crippen molar-refractivity contribution in [2.75, 3.05) is 0 Å². The van der Waals surface area contributed by atoms with Crippen molar-refractivity contribution in [1.82, 2.24) is 10.9 Å². The Morgan fingerprint density at radius 2 is 1.92 bits per heavy atom. The number of hydrazine groups is 1. The van der Waals surface area contributed by atoms with E-state index >= 15 is 0 Å². The van der Waals surface area contributed by atoms with Crippen LogP contribution in [0.5, 0.6) is 0 Å². The highest BCUT2D eigenvalue weighted by atomic mass is 32.1. The van der Waals surface area contributed by atoms with E-state index in [0.717, 1.165) is 0 Å². The molecule has 0 aliphatic carbocycles. The first-order chi connectivity index (χ1) is 5.61. The molecule has 0 fully saturated rings. The average Bonchev–Trinajstić information content (AvgIpc) is 2.03. The Morgan fingerprint density at radius 1 is 1.42 bits per heavy atom. The highest BCUT2D eigenvalue weighted by molar-refractivity contribution is 7.80. The number of nitrogens with two attached hydrogens (primary N) is 1. The smallest absolute Gasteiger partial charge is 0.178 e. The molecule has 0 spiro atoms. The molecular formula is C8H19N3S. The molecule has 0 aromatic carbocycles. The molecular weight excluding hydrogens is 170 g/mol. The van der Waals surface area contributed by atoms with Gasteiger partial charge < -0.3 is 5.73 Å². The van der Waals surface area contributed by atoms with Crippen molar-refractivity contribution in [2.24, 2.45) is 11.7 Å². The fraction of sp³-hybridized carbons (Fsp3) is 0.875. The molecule has 4 heteroatoms. The SMILES string of the molecule is CCC(CC)C(C)NNC(N)=S. The van der Waals surface area contributed by atoms with E-state index in [1.807, 2.05) is 0 Å². The van der Waals surface area contributed by atoms with Crippen LogP contribution in [0.4, 0.5) is 0 Å². The van der Waals surface area contributed by atoms with E-state index in [-0.39, 0.29) is 0 Å². The summed E-state index contributed by atoms with van der Waals surface area (Å²) in [5, 5.41) is 0.299. The van der Waals surface area contributed by atoms with E-state index in [0.29, 0.717) is 17.1 Å². The quantitative estimate of drug-likeness (QED) is 0.448. The fourth-order valence-corrected chi connectivity index (χ4v) is 1.36. The molecule has 0 radical (unpaired) electrons. The molecule has 0 bridgehead atoms. The predicted octanol–water partition coefficient (Wildman–Crippen LogP) is 1.15. The molecule has 0 aliphatic rings. The molecule has 3 nitrogen and oxygen atoms in total. The Labute approximate surface area is 80.1 Å². The van der Waals surface area contributed by atoms with E-state index in [4.69, 9.17) is 5.73 Å². The Balaban J connectivity index is 3.68. The van der Waals surface area contributed by atoms with Crippen LogP contribution < -0.4 is 16.6 Å². The summed E-state index contributed by atoms with van der Waals surface area (Å²) in [7, 11) is 0. The van der Waals surface area contributed by atoms with Gasteiger partial charge >= 0.3 is 0 Å².